The number of benzene rings is 1. The van der Waals surface area contributed by atoms with E-state index in [-0.39, 0.29) is 17.1 Å². The predicted octanol–water partition coefficient (Wildman–Crippen LogP) is -0.0694. The average Bonchev–Trinajstić information content (AvgIpc) is 2.44. The topological polar surface area (TPSA) is 105 Å². The van der Waals surface area contributed by atoms with Crippen molar-refractivity contribution in [1.29, 1.82) is 0 Å². The highest BCUT2D eigenvalue weighted by Gasteiger charge is 2.22. The van der Waals surface area contributed by atoms with E-state index in [1.807, 2.05) is 0 Å². The largest absolute Gasteiger partial charge is 0.467 e. The molecular weight excluding hydrogens is 284 g/mol. The van der Waals surface area contributed by atoms with Crippen molar-refractivity contribution < 1.29 is 23.1 Å². The molecule has 0 heterocycles. The Morgan fingerprint density at radius 2 is 2.05 bits per heavy atom. The molecule has 3 N–H and O–H groups in total. The molecule has 1 atom stereocenters. The number of hydrogen-bond donors (Lipinski definition) is 3. The molecule has 0 saturated heterocycles. The normalized spacial score (nSPS) is 12.8. The van der Waals surface area contributed by atoms with E-state index in [1.165, 1.54) is 19.2 Å². The van der Waals surface area contributed by atoms with Crippen molar-refractivity contribution in [1.82, 2.24) is 4.72 Å². The minimum atomic E-state index is -3.67. The van der Waals surface area contributed by atoms with Crippen LogP contribution >= 0.6 is 0 Å². The number of ether oxygens (including phenoxy) is 1. The van der Waals surface area contributed by atoms with Gasteiger partial charge in [0.15, 0.2) is 0 Å². The van der Waals surface area contributed by atoms with Crippen LogP contribution in [0.2, 0.25) is 0 Å². The first kappa shape index (κ1) is 16.4. The van der Waals surface area contributed by atoms with Gasteiger partial charge in [-0.1, -0.05) is 19.1 Å². The molecule has 112 valence electrons. The molecule has 0 saturated carbocycles. The second-order valence-corrected chi connectivity index (χ2v) is 5.64. The highest BCUT2D eigenvalue weighted by atomic mass is 32.2. The highest BCUT2D eigenvalue weighted by Crippen LogP contribution is 2.21. The van der Waals surface area contributed by atoms with Crippen LogP contribution in [0.4, 0.5) is 5.69 Å². The van der Waals surface area contributed by atoms with Gasteiger partial charge in [0.2, 0.25) is 10.0 Å². The van der Waals surface area contributed by atoms with Crippen LogP contribution in [0.5, 0.6) is 0 Å². The number of esters is 1. The zero-order valence-corrected chi connectivity index (χ0v) is 12.1. The Labute approximate surface area is 118 Å². The number of carbonyl (C=O) groups excluding carboxylic acids is 1. The van der Waals surface area contributed by atoms with E-state index in [2.05, 4.69) is 14.8 Å². The Balaban J connectivity index is 3.11. The average molecular weight is 302 g/mol. The van der Waals surface area contributed by atoms with Gasteiger partial charge < -0.3 is 15.2 Å². The molecule has 1 rings (SSSR count). The fourth-order valence-electron chi connectivity index (χ4n) is 1.60. The molecule has 8 heteroatoms. The standard InChI is InChI=1S/C12H18N2O5S/c1-3-13-20(17,18)11-7-5-4-6-9(11)14-10(8-15)12(16)19-2/h4-7,10,13-15H,3,8H2,1-2H3. The summed E-state index contributed by atoms with van der Waals surface area (Å²) in [7, 11) is -2.49. The molecule has 20 heavy (non-hydrogen) atoms. The highest BCUT2D eigenvalue weighted by molar-refractivity contribution is 7.89. The molecule has 0 spiro atoms. The van der Waals surface area contributed by atoms with E-state index in [0.29, 0.717) is 0 Å². The number of carbonyl (C=O) groups is 1. The summed E-state index contributed by atoms with van der Waals surface area (Å²) < 4.78 is 31.0. The molecule has 0 aromatic heterocycles. The van der Waals surface area contributed by atoms with Crippen molar-refractivity contribution >= 4 is 21.7 Å². The van der Waals surface area contributed by atoms with Gasteiger partial charge in [0.25, 0.3) is 0 Å². The number of nitrogens with one attached hydrogen (secondary N) is 2. The molecule has 0 fully saturated rings. The van der Waals surface area contributed by atoms with Crippen LogP contribution < -0.4 is 10.0 Å². The maximum Gasteiger partial charge on any atom is 0.330 e. The van der Waals surface area contributed by atoms with E-state index in [1.54, 1.807) is 19.1 Å². The number of aliphatic hydroxyl groups excluding tert-OH is 1. The maximum absolute atomic E-state index is 12.0. The van der Waals surface area contributed by atoms with E-state index >= 15 is 0 Å². The Hall–Kier alpha value is -1.64. The van der Waals surface area contributed by atoms with Gasteiger partial charge in [-0.3, -0.25) is 0 Å². The molecule has 1 unspecified atom stereocenters. The molecule has 0 aliphatic heterocycles. The molecule has 7 nitrogen and oxygen atoms in total. The minimum Gasteiger partial charge on any atom is -0.467 e. The lowest BCUT2D eigenvalue weighted by atomic mass is 10.2. The molecule has 1 aromatic carbocycles. The third kappa shape index (κ3) is 3.92. The summed E-state index contributed by atoms with van der Waals surface area (Å²) in [6.07, 6.45) is 0. The third-order valence-corrected chi connectivity index (χ3v) is 4.11. The van der Waals surface area contributed by atoms with Gasteiger partial charge in [-0.2, -0.15) is 0 Å². The van der Waals surface area contributed by atoms with Crippen LogP contribution in [0.1, 0.15) is 6.92 Å². The van der Waals surface area contributed by atoms with Gasteiger partial charge >= 0.3 is 5.97 Å². The van der Waals surface area contributed by atoms with Gasteiger partial charge in [-0.05, 0) is 12.1 Å². The minimum absolute atomic E-state index is 0.00389. The van der Waals surface area contributed by atoms with Gasteiger partial charge in [-0.15, -0.1) is 0 Å². The first-order chi connectivity index (χ1) is 9.46. The zero-order valence-electron chi connectivity index (χ0n) is 11.3. The monoisotopic (exact) mass is 302 g/mol. The van der Waals surface area contributed by atoms with E-state index < -0.39 is 28.6 Å². The van der Waals surface area contributed by atoms with Crippen LogP contribution in [-0.2, 0) is 19.6 Å². The quantitative estimate of drug-likeness (QED) is 0.609. The summed E-state index contributed by atoms with van der Waals surface area (Å²) in [5.41, 5.74) is 0.220. The molecule has 0 aliphatic carbocycles. The fourth-order valence-corrected chi connectivity index (χ4v) is 2.81. The number of anilines is 1. The van der Waals surface area contributed by atoms with Crippen molar-refractivity contribution in [2.24, 2.45) is 0 Å². The first-order valence-electron chi connectivity index (χ1n) is 6.00. The van der Waals surface area contributed by atoms with Crippen molar-refractivity contribution in [3.63, 3.8) is 0 Å². The summed E-state index contributed by atoms with van der Waals surface area (Å²) >= 11 is 0. The first-order valence-corrected chi connectivity index (χ1v) is 7.48. The lowest BCUT2D eigenvalue weighted by molar-refractivity contribution is -0.142. The number of hydrogen-bond acceptors (Lipinski definition) is 6. The second-order valence-electron chi connectivity index (χ2n) is 3.90. The van der Waals surface area contributed by atoms with E-state index in [0.717, 1.165) is 0 Å². The van der Waals surface area contributed by atoms with Crippen molar-refractivity contribution in [3.8, 4) is 0 Å². The summed E-state index contributed by atoms with van der Waals surface area (Å²) in [5.74, 6) is -0.678. The van der Waals surface area contributed by atoms with Crippen LogP contribution in [0.3, 0.4) is 0 Å². The predicted molar refractivity (Wildman–Crippen MR) is 73.8 cm³/mol. The summed E-state index contributed by atoms with van der Waals surface area (Å²) in [6, 6.07) is 5.08. The zero-order chi connectivity index (χ0) is 15.2. The lowest BCUT2D eigenvalue weighted by Gasteiger charge is -2.18. The van der Waals surface area contributed by atoms with Gasteiger partial charge in [0, 0.05) is 6.54 Å². The molecule has 0 aliphatic rings. The number of para-hydroxylation sites is 1. The van der Waals surface area contributed by atoms with Crippen LogP contribution in [0, 0.1) is 0 Å². The Bertz CT molecular complexity index is 559. The van der Waals surface area contributed by atoms with Gasteiger partial charge in [0.05, 0.1) is 19.4 Å². The van der Waals surface area contributed by atoms with Crippen molar-refractivity contribution in [2.75, 3.05) is 25.6 Å². The third-order valence-electron chi connectivity index (χ3n) is 2.51. The molecule has 0 amide bonds. The van der Waals surface area contributed by atoms with Gasteiger partial charge in [0.1, 0.15) is 10.9 Å². The second kappa shape index (κ2) is 7.22. The smallest absolute Gasteiger partial charge is 0.330 e. The molecule has 0 bridgehead atoms. The lowest BCUT2D eigenvalue weighted by Crippen LogP contribution is -2.35. The maximum atomic E-state index is 12.0. The molecule has 1 aromatic rings. The van der Waals surface area contributed by atoms with E-state index in [9.17, 15) is 13.2 Å². The summed E-state index contributed by atoms with van der Waals surface area (Å²) in [5, 5.41) is 11.8. The van der Waals surface area contributed by atoms with E-state index in [4.69, 9.17) is 5.11 Å². The molecular formula is C12H18N2O5S. The fraction of sp³-hybridized carbons (Fsp3) is 0.417. The van der Waals surface area contributed by atoms with Crippen LogP contribution in [0.25, 0.3) is 0 Å². The number of rotatable bonds is 7. The SMILES string of the molecule is CCNS(=O)(=O)c1ccccc1NC(CO)C(=O)OC. The number of sulfonamides is 1. The number of methoxy groups -OCH3 is 1. The number of aliphatic hydroxyl groups is 1. The van der Waals surface area contributed by atoms with Crippen molar-refractivity contribution in [2.45, 2.75) is 17.9 Å². The van der Waals surface area contributed by atoms with Crippen LogP contribution in [-0.4, -0.2) is 45.8 Å². The Morgan fingerprint density at radius 1 is 1.40 bits per heavy atom. The van der Waals surface area contributed by atoms with Gasteiger partial charge in [-0.25, -0.2) is 17.9 Å². The Kier molecular flexibility index (Phi) is 5.93. The Morgan fingerprint density at radius 3 is 2.60 bits per heavy atom. The van der Waals surface area contributed by atoms with Crippen molar-refractivity contribution in [3.05, 3.63) is 24.3 Å². The summed E-state index contributed by atoms with van der Waals surface area (Å²) in [4.78, 5) is 11.4. The molecule has 0 radical (unpaired) electrons. The summed E-state index contributed by atoms with van der Waals surface area (Å²) in [6.45, 7) is 1.40. The van der Waals surface area contributed by atoms with Crippen LogP contribution in [0.15, 0.2) is 29.2 Å².